The molecule has 0 saturated heterocycles. The van der Waals surface area contributed by atoms with E-state index in [0.717, 1.165) is 12.8 Å². The Balaban J connectivity index is 5.10. The molecule has 0 aromatic rings. The zero-order chi connectivity index (χ0) is 14.8. The van der Waals surface area contributed by atoms with Crippen LogP contribution in [0.15, 0.2) is 0 Å². The fraction of sp³-hybridized carbons (Fsp3) is 0.938. The highest BCUT2D eigenvalue weighted by Crippen LogP contribution is 2.42. The van der Waals surface area contributed by atoms with Gasteiger partial charge in [0, 0.05) is 0 Å². The minimum Gasteiger partial charge on any atom is -0.460 e. The number of carbonyl (C=O) groups excluding carboxylic acids is 1. The van der Waals surface area contributed by atoms with E-state index in [1.54, 1.807) is 0 Å². The van der Waals surface area contributed by atoms with Crippen molar-refractivity contribution in [3.63, 3.8) is 0 Å². The molecule has 1 unspecified atom stereocenters. The highest BCUT2D eigenvalue weighted by molar-refractivity contribution is 5.77. The first-order chi connectivity index (χ1) is 7.84. The predicted octanol–water partition coefficient (Wildman–Crippen LogP) is 4.82. The van der Waals surface area contributed by atoms with E-state index in [1.165, 1.54) is 0 Å². The Morgan fingerprint density at radius 2 is 1.50 bits per heavy atom. The van der Waals surface area contributed by atoms with Gasteiger partial charge in [-0.05, 0) is 45.4 Å². The van der Waals surface area contributed by atoms with Gasteiger partial charge in [0.25, 0.3) is 0 Å². The Hall–Kier alpha value is -0.530. The Kier molecular flexibility index (Phi) is 5.46. The van der Waals surface area contributed by atoms with Crippen LogP contribution in [0.5, 0.6) is 0 Å². The fourth-order valence-electron chi connectivity index (χ4n) is 2.03. The normalized spacial score (nSPS) is 16.6. The minimum absolute atomic E-state index is 0.0634. The van der Waals surface area contributed by atoms with Crippen molar-refractivity contribution in [1.29, 1.82) is 0 Å². The second-order valence-electron chi connectivity index (χ2n) is 7.77. The molecule has 0 N–H and O–H groups in total. The molecule has 0 amide bonds. The largest absolute Gasteiger partial charge is 0.460 e. The van der Waals surface area contributed by atoms with Gasteiger partial charge in [0.2, 0.25) is 0 Å². The van der Waals surface area contributed by atoms with Gasteiger partial charge >= 0.3 is 5.97 Å². The Morgan fingerprint density at radius 3 is 1.78 bits per heavy atom. The molecule has 0 rings (SSSR count). The van der Waals surface area contributed by atoms with E-state index >= 15 is 0 Å². The van der Waals surface area contributed by atoms with Crippen LogP contribution in [0.2, 0.25) is 0 Å². The maximum Gasteiger partial charge on any atom is 0.312 e. The summed E-state index contributed by atoms with van der Waals surface area (Å²) in [7, 11) is 0. The SMILES string of the molecule is CCC(C)(C)CC(C)(C(=O)OC(C)(C)C)C(C)C. The van der Waals surface area contributed by atoms with Gasteiger partial charge in [-0.15, -0.1) is 0 Å². The molecule has 0 aliphatic carbocycles. The van der Waals surface area contributed by atoms with Crippen LogP contribution in [-0.2, 0) is 9.53 Å². The summed E-state index contributed by atoms with van der Waals surface area (Å²) in [6.07, 6.45) is 1.93. The number of esters is 1. The molecular formula is C16H32O2. The third kappa shape index (κ3) is 4.99. The molecule has 0 fully saturated rings. The van der Waals surface area contributed by atoms with Gasteiger partial charge in [0.1, 0.15) is 5.60 Å². The highest BCUT2D eigenvalue weighted by Gasteiger charge is 2.43. The molecule has 0 aromatic carbocycles. The van der Waals surface area contributed by atoms with E-state index < -0.39 is 11.0 Å². The van der Waals surface area contributed by atoms with Gasteiger partial charge in [-0.3, -0.25) is 4.79 Å². The number of ether oxygens (including phenoxy) is 1. The monoisotopic (exact) mass is 256 g/mol. The van der Waals surface area contributed by atoms with Crippen LogP contribution in [-0.4, -0.2) is 11.6 Å². The minimum atomic E-state index is -0.413. The van der Waals surface area contributed by atoms with Gasteiger partial charge in [-0.25, -0.2) is 0 Å². The van der Waals surface area contributed by atoms with Crippen LogP contribution in [0.25, 0.3) is 0 Å². The van der Waals surface area contributed by atoms with Crippen molar-refractivity contribution in [1.82, 2.24) is 0 Å². The van der Waals surface area contributed by atoms with Gasteiger partial charge in [-0.1, -0.05) is 41.0 Å². The lowest BCUT2D eigenvalue weighted by Gasteiger charge is -2.39. The number of hydrogen-bond acceptors (Lipinski definition) is 2. The number of carbonyl (C=O) groups is 1. The highest BCUT2D eigenvalue weighted by atomic mass is 16.6. The van der Waals surface area contributed by atoms with Crippen molar-refractivity contribution in [3.05, 3.63) is 0 Å². The van der Waals surface area contributed by atoms with Crippen molar-refractivity contribution in [2.45, 2.75) is 80.8 Å². The maximum absolute atomic E-state index is 12.5. The van der Waals surface area contributed by atoms with Crippen molar-refractivity contribution in [3.8, 4) is 0 Å². The molecule has 0 spiro atoms. The lowest BCUT2D eigenvalue weighted by Crippen LogP contribution is -2.42. The molecule has 1 atom stereocenters. The molecule has 0 heterocycles. The van der Waals surface area contributed by atoms with Crippen molar-refractivity contribution in [2.75, 3.05) is 0 Å². The smallest absolute Gasteiger partial charge is 0.312 e. The first kappa shape index (κ1) is 17.5. The van der Waals surface area contributed by atoms with Gasteiger partial charge in [0.05, 0.1) is 5.41 Å². The average molecular weight is 256 g/mol. The summed E-state index contributed by atoms with van der Waals surface area (Å²) in [5, 5.41) is 0. The summed E-state index contributed by atoms with van der Waals surface area (Å²) in [5.41, 5.74) is -0.660. The van der Waals surface area contributed by atoms with Gasteiger partial charge < -0.3 is 4.74 Å². The topological polar surface area (TPSA) is 26.3 Å². The van der Waals surface area contributed by atoms with Crippen LogP contribution in [0.4, 0.5) is 0 Å². The first-order valence-corrected chi connectivity index (χ1v) is 7.07. The van der Waals surface area contributed by atoms with Crippen molar-refractivity contribution < 1.29 is 9.53 Å². The molecule has 0 aliphatic heterocycles. The van der Waals surface area contributed by atoms with E-state index in [2.05, 4.69) is 34.6 Å². The molecule has 108 valence electrons. The molecule has 0 aliphatic rings. The summed E-state index contributed by atoms with van der Waals surface area (Å²) in [6, 6.07) is 0. The van der Waals surface area contributed by atoms with E-state index in [0.29, 0.717) is 0 Å². The second-order valence-corrected chi connectivity index (χ2v) is 7.77. The van der Waals surface area contributed by atoms with Crippen LogP contribution < -0.4 is 0 Å². The zero-order valence-corrected chi connectivity index (χ0v) is 13.8. The van der Waals surface area contributed by atoms with Crippen LogP contribution in [0.1, 0.15) is 75.2 Å². The molecule has 2 heteroatoms. The predicted molar refractivity (Wildman–Crippen MR) is 77.5 cm³/mol. The molecule has 0 saturated carbocycles. The summed E-state index contributed by atoms with van der Waals surface area (Å²) in [4.78, 5) is 12.5. The molecule has 0 aromatic heterocycles. The Morgan fingerprint density at radius 1 is 1.06 bits per heavy atom. The third-order valence-corrected chi connectivity index (χ3v) is 3.94. The number of rotatable bonds is 5. The molecule has 2 nitrogen and oxygen atoms in total. The Bertz CT molecular complexity index is 284. The fourth-order valence-corrected chi connectivity index (χ4v) is 2.03. The van der Waals surface area contributed by atoms with E-state index in [1.807, 2.05) is 27.7 Å². The van der Waals surface area contributed by atoms with Gasteiger partial charge in [0.15, 0.2) is 0 Å². The third-order valence-electron chi connectivity index (χ3n) is 3.94. The van der Waals surface area contributed by atoms with Crippen LogP contribution >= 0.6 is 0 Å². The standard InChI is InChI=1S/C16H32O2/c1-10-15(7,8)11-16(9,12(2)3)13(17)18-14(4,5)6/h12H,10-11H2,1-9H3. The average Bonchev–Trinajstić information content (AvgIpc) is 2.14. The summed E-state index contributed by atoms with van der Waals surface area (Å²) < 4.78 is 5.62. The maximum atomic E-state index is 12.5. The Labute approximate surface area is 113 Å². The first-order valence-electron chi connectivity index (χ1n) is 7.07. The second kappa shape index (κ2) is 5.63. The van der Waals surface area contributed by atoms with Crippen molar-refractivity contribution in [2.24, 2.45) is 16.7 Å². The quantitative estimate of drug-likeness (QED) is 0.659. The van der Waals surface area contributed by atoms with Crippen molar-refractivity contribution >= 4 is 5.97 Å². The van der Waals surface area contributed by atoms with E-state index in [9.17, 15) is 4.79 Å². The van der Waals surface area contributed by atoms with E-state index in [4.69, 9.17) is 4.74 Å². The molecule has 18 heavy (non-hydrogen) atoms. The molecule has 0 radical (unpaired) electrons. The zero-order valence-electron chi connectivity index (χ0n) is 13.8. The number of hydrogen-bond donors (Lipinski definition) is 0. The molecule has 0 bridgehead atoms. The molecular weight excluding hydrogens is 224 g/mol. The van der Waals surface area contributed by atoms with Gasteiger partial charge in [-0.2, -0.15) is 0 Å². The summed E-state index contributed by atoms with van der Waals surface area (Å²) in [6.45, 7) is 18.7. The van der Waals surface area contributed by atoms with Crippen LogP contribution in [0.3, 0.4) is 0 Å². The van der Waals surface area contributed by atoms with Crippen LogP contribution in [0, 0.1) is 16.7 Å². The lowest BCUT2D eigenvalue weighted by atomic mass is 9.67. The summed E-state index contributed by atoms with van der Waals surface area (Å²) >= 11 is 0. The summed E-state index contributed by atoms with van der Waals surface area (Å²) in [5.74, 6) is 0.213. The van der Waals surface area contributed by atoms with E-state index in [-0.39, 0.29) is 17.3 Å². The lowest BCUT2D eigenvalue weighted by molar-refractivity contribution is -0.172.